The Hall–Kier alpha value is -1.58. The standard InChI is InChI=1S/C16H17NO2.ClH/c18-16(19)11-17-10-4-9-15(17)14-8-3-6-12-5-1-2-7-13(12)14;/h1-3,5-8,15H,4,9-11H2,(H,18,19);1H. The molecule has 1 N–H and O–H groups in total. The third-order valence-electron chi connectivity index (χ3n) is 3.88. The van der Waals surface area contributed by atoms with Gasteiger partial charge in [-0.15, -0.1) is 12.4 Å². The number of benzene rings is 2. The lowest BCUT2D eigenvalue weighted by Gasteiger charge is -2.24. The highest BCUT2D eigenvalue weighted by Crippen LogP contribution is 2.35. The maximum absolute atomic E-state index is 11.0. The summed E-state index contributed by atoms with van der Waals surface area (Å²) in [4.78, 5) is 13.0. The van der Waals surface area contributed by atoms with Crippen molar-refractivity contribution in [2.75, 3.05) is 13.1 Å². The summed E-state index contributed by atoms with van der Waals surface area (Å²) in [5, 5.41) is 11.5. The summed E-state index contributed by atoms with van der Waals surface area (Å²) in [6.07, 6.45) is 2.11. The molecule has 2 aromatic rings. The van der Waals surface area contributed by atoms with Gasteiger partial charge in [-0.25, -0.2) is 0 Å². The molecule has 106 valence electrons. The van der Waals surface area contributed by atoms with E-state index in [1.165, 1.54) is 16.3 Å². The first-order valence-corrected chi connectivity index (χ1v) is 6.69. The zero-order chi connectivity index (χ0) is 13.2. The Bertz CT molecular complexity index is 609. The van der Waals surface area contributed by atoms with Crippen molar-refractivity contribution in [3.8, 4) is 0 Å². The highest BCUT2D eigenvalue weighted by atomic mass is 35.5. The molecule has 1 fully saturated rings. The molecule has 0 aliphatic carbocycles. The quantitative estimate of drug-likeness (QED) is 0.941. The van der Waals surface area contributed by atoms with Crippen LogP contribution in [0.4, 0.5) is 0 Å². The molecule has 20 heavy (non-hydrogen) atoms. The van der Waals surface area contributed by atoms with Crippen LogP contribution in [0.15, 0.2) is 42.5 Å². The van der Waals surface area contributed by atoms with E-state index in [0.717, 1.165) is 19.4 Å². The molecule has 0 amide bonds. The number of aliphatic carboxylic acids is 1. The topological polar surface area (TPSA) is 40.5 Å². The predicted octanol–water partition coefficient (Wildman–Crippen LogP) is 3.48. The number of hydrogen-bond acceptors (Lipinski definition) is 2. The zero-order valence-corrected chi connectivity index (χ0v) is 12.0. The number of likely N-dealkylation sites (tertiary alicyclic amines) is 1. The van der Waals surface area contributed by atoms with E-state index in [0.29, 0.717) is 0 Å². The minimum absolute atomic E-state index is 0. The molecular formula is C16H18ClNO2. The van der Waals surface area contributed by atoms with Gasteiger partial charge in [0.05, 0.1) is 6.54 Å². The maximum atomic E-state index is 11.0. The molecule has 0 saturated carbocycles. The van der Waals surface area contributed by atoms with Gasteiger partial charge >= 0.3 is 5.97 Å². The minimum atomic E-state index is -0.743. The van der Waals surface area contributed by atoms with Crippen molar-refractivity contribution in [2.45, 2.75) is 18.9 Å². The number of carboxylic acid groups (broad SMARTS) is 1. The highest BCUT2D eigenvalue weighted by Gasteiger charge is 2.28. The molecular weight excluding hydrogens is 274 g/mol. The van der Waals surface area contributed by atoms with Crippen molar-refractivity contribution in [3.63, 3.8) is 0 Å². The van der Waals surface area contributed by atoms with E-state index in [9.17, 15) is 4.79 Å². The molecule has 2 aromatic carbocycles. The smallest absolute Gasteiger partial charge is 0.317 e. The molecule has 0 aromatic heterocycles. The zero-order valence-electron chi connectivity index (χ0n) is 11.2. The molecule has 3 rings (SSSR count). The van der Waals surface area contributed by atoms with Crippen LogP contribution in [0.1, 0.15) is 24.4 Å². The van der Waals surface area contributed by atoms with Crippen molar-refractivity contribution in [1.82, 2.24) is 4.90 Å². The lowest BCUT2D eigenvalue weighted by atomic mass is 9.97. The van der Waals surface area contributed by atoms with Gasteiger partial charge in [0.25, 0.3) is 0 Å². The van der Waals surface area contributed by atoms with Crippen molar-refractivity contribution in [3.05, 3.63) is 48.0 Å². The van der Waals surface area contributed by atoms with Gasteiger partial charge in [0.1, 0.15) is 0 Å². The fourth-order valence-corrected chi connectivity index (χ4v) is 3.08. The Kier molecular flexibility index (Phi) is 4.63. The van der Waals surface area contributed by atoms with Gasteiger partial charge in [-0.3, -0.25) is 9.69 Å². The molecule has 1 atom stereocenters. The van der Waals surface area contributed by atoms with Gasteiger partial charge in [0.2, 0.25) is 0 Å². The molecule has 3 nitrogen and oxygen atoms in total. The van der Waals surface area contributed by atoms with E-state index in [4.69, 9.17) is 5.11 Å². The summed E-state index contributed by atoms with van der Waals surface area (Å²) in [7, 11) is 0. The first-order chi connectivity index (χ1) is 9.25. The molecule has 0 spiro atoms. The summed E-state index contributed by atoms with van der Waals surface area (Å²) in [5.41, 5.74) is 1.26. The van der Waals surface area contributed by atoms with Crippen LogP contribution in [0.3, 0.4) is 0 Å². The molecule has 1 heterocycles. The SMILES string of the molecule is Cl.O=C(O)CN1CCCC1c1cccc2ccccc12. The first-order valence-electron chi connectivity index (χ1n) is 6.69. The second-order valence-corrected chi connectivity index (χ2v) is 5.09. The number of carbonyl (C=O) groups is 1. The van der Waals surface area contributed by atoms with E-state index in [2.05, 4.69) is 35.2 Å². The summed E-state index contributed by atoms with van der Waals surface area (Å²) in [5.74, 6) is -0.743. The Morgan fingerprint density at radius 2 is 1.95 bits per heavy atom. The van der Waals surface area contributed by atoms with E-state index in [-0.39, 0.29) is 25.0 Å². The summed E-state index contributed by atoms with van der Waals surface area (Å²) in [6, 6.07) is 14.9. The van der Waals surface area contributed by atoms with Gasteiger partial charge in [0.15, 0.2) is 0 Å². The first kappa shape index (κ1) is 14.8. The van der Waals surface area contributed by atoms with E-state index in [1.54, 1.807) is 0 Å². The van der Waals surface area contributed by atoms with E-state index >= 15 is 0 Å². The lowest BCUT2D eigenvalue weighted by Crippen LogP contribution is -2.29. The Labute approximate surface area is 124 Å². The van der Waals surface area contributed by atoms with Crippen molar-refractivity contribution in [1.29, 1.82) is 0 Å². The van der Waals surface area contributed by atoms with Gasteiger partial charge < -0.3 is 5.11 Å². The number of carboxylic acids is 1. The Morgan fingerprint density at radius 3 is 2.75 bits per heavy atom. The van der Waals surface area contributed by atoms with Gasteiger partial charge in [-0.1, -0.05) is 42.5 Å². The normalized spacial score (nSPS) is 18.9. The van der Waals surface area contributed by atoms with E-state index in [1.807, 2.05) is 12.1 Å². The average Bonchev–Trinajstić information content (AvgIpc) is 2.85. The summed E-state index contributed by atoms with van der Waals surface area (Å²) < 4.78 is 0. The van der Waals surface area contributed by atoms with Crippen LogP contribution in [-0.2, 0) is 4.79 Å². The number of fused-ring (bicyclic) bond motifs is 1. The van der Waals surface area contributed by atoms with Crippen LogP contribution in [-0.4, -0.2) is 29.1 Å². The second kappa shape index (κ2) is 6.25. The monoisotopic (exact) mass is 291 g/mol. The summed E-state index contributed by atoms with van der Waals surface area (Å²) >= 11 is 0. The molecule has 0 bridgehead atoms. The minimum Gasteiger partial charge on any atom is -0.480 e. The third kappa shape index (κ3) is 2.79. The molecule has 1 aliphatic rings. The molecule has 4 heteroatoms. The molecule has 1 aliphatic heterocycles. The van der Waals surface area contributed by atoms with E-state index < -0.39 is 5.97 Å². The Balaban J connectivity index is 0.00000147. The Morgan fingerprint density at radius 1 is 1.20 bits per heavy atom. The summed E-state index contributed by atoms with van der Waals surface area (Å²) in [6.45, 7) is 1.01. The largest absolute Gasteiger partial charge is 0.480 e. The van der Waals surface area contributed by atoms with Gasteiger partial charge in [-0.05, 0) is 35.7 Å². The maximum Gasteiger partial charge on any atom is 0.317 e. The molecule has 1 unspecified atom stereocenters. The van der Waals surface area contributed by atoms with Crippen molar-refractivity contribution >= 4 is 29.1 Å². The third-order valence-corrected chi connectivity index (χ3v) is 3.88. The van der Waals surface area contributed by atoms with Crippen LogP contribution in [0, 0.1) is 0 Å². The lowest BCUT2D eigenvalue weighted by molar-refractivity contribution is -0.138. The van der Waals surface area contributed by atoms with Crippen LogP contribution < -0.4 is 0 Å². The molecule has 0 radical (unpaired) electrons. The van der Waals surface area contributed by atoms with Crippen LogP contribution in [0.5, 0.6) is 0 Å². The number of nitrogens with zero attached hydrogens (tertiary/aromatic N) is 1. The van der Waals surface area contributed by atoms with Crippen molar-refractivity contribution in [2.24, 2.45) is 0 Å². The highest BCUT2D eigenvalue weighted by molar-refractivity contribution is 5.86. The molecule has 1 saturated heterocycles. The fraction of sp³-hybridized carbons (Fsp3) is 0.312. The predicted molar refractivity (Wildman–Crippen MR) is 82.4 cm³/mol. The van der Waals surface area contributed by atoms with Crippen LogP contribution in [0.25, 0.3) is 10.8 Å². The van der Waals surface area contributed by atoms with Crippen molar-refractivity contribution < 1.29 is 9.90 Å². The van der Waals surface area contributed by atoms with Crippen LogP contribution in [0.2, 0.25) is 0 Å². The number of halogens is 1. The van der Waals surface area contributed by atoms with Gasteiger partial charge in [-0.2, -0.15) is 0 Å². The number of hydrogen-bond donors (Lipinski definition) is 1. The second-order valence-electron chi connectivity index (χ2n) is 5.09. The van der Waals surface area contributed by atoms with Crippen LogP contribution >= 0.6 is 12.4 Å². The number of rotatable bonds is 3. The average molecular weight is 292 g/mol. The van der Waals surface area contributed by atoms with Gasteiger partial charge in [0, 0.05) is 6.04 Å². The fourth-order valence-electron chi connectivity index (χ4n) is 3.08.